The molecule has 0 spiro atoms. The maximum Gasteiger partial charge on any atom is 0.224 e. The molecule has 3 N–H and O–H groups in total. The monoisotopic (exact) mass is 328 g/mol. The summed E-state index contributed by atoms with van der Waals surface area (Å²) in [6.45, 7) is 0.562. The van der Waals surface area contributed by atoms with Crippen molar-refractivity contribution >= 4 is 17.3 Å². The van der Waals surface area contributed by atoms with Gasteiger partial charge in [-0.05, 0) is 48.9 Å². The average molecular weight is 328 g/mol. The molecule has 0 unspecified atom stereocenters. The van der Waals surface area contributed by atoms with E-state index in [1.807, 2.05) is 24.3 Å². The highest BCUT2D eigenvalue weighted by Gasteiger charge is 2.22. The molecule has 0 heterocycles. The molecular formula is C19H21FN2O2. The SMILES string of the molecule is Nc1ccccc1CCC(=O)Nc1ccc(F)cc1OCC1CC1. The molecule has 0 aromatic heterocycles. The molecule has 1 aliphatic carbocycles. The minimum absolute atomic E-state index is 0.152. The highest BCUT2D eigenvalue weighted by Crippen LogP contribution is 2.32. The first-order valence-corrected chi connectivity index (χ1v) is 8.17. The topological polar surface area (TPSA) is 64.4 Å². The summed E-state index contributed by atoms with van der Waals surface area (Å²) < 4.78 is 19.1. The number of aryl methyl sites for hydroxylation is 1. The van der Waals surface area contributed by atoms with Crippen molar-refractivity contribution in [2.75, 3.05) is 17.7 Å². The molecule has 0 bridgehead atoms. The molecule has 1 aliphatic rings. The minimum Gasteiger partial charge on any atom is -0.491 e. The standard InChI is InChI=1S/C19H21FN2O2/c20-15-8-9-17(18(11-15)24-12-13-5-6-13)22-19(23)10-7-14-3-1-2-4-16(14)21/h1-4,8-9,11,13H,5-7,10,12,21H2,(H,22,23). The van der Waals surface area contributed by atoms with E-state index in [0.717, 1.165) is 18.4 Å². The van der Waals surface area contributed by atoms with Crippen molar-refractivity contribution in [1.82, 2.24) is 0 Å². The first-order valence-electron chi connectivity index (χ1n) is 8.17. The summed E-state index contributed by atoms with van der Waals surface area (Å²) in [7, 11) is 0. The summed E-state index contributed by atoms with van der Waals surface area (Å²) in [4.78, 5) is 12.2. The van der Waals surface area contributed by atoms with Crippen LogP contribution >= 0.6 is 0 Å². The number of nitrogen functional groups attached to an aromatic ring is 1. The molecule has 0 radical (unpaired) electrons. The Morgan fingerprint density at radius 1 is 1.25 bits per heavy atom. The van der Waals surface area contributed by atoms with Crippen molar-refractivity contribution in [1.29, 1.82) is 0 Å². The van der Waals surface area contributed by atoms with Gasteiger partial charge in [0.25, 0.3) is 0 Å². The number of ether oxygens (including phenoxy) is 1. The number of carbonyl (C=O) groups excluding carboxylic acids is 1. The van der Waals surface area contributed by atoms with Crippen LogP contribution in [0.1, 0.15) is 24.8 Å². The molecule has 0 atom stereocenters. The highest BCUT2D eigenvalue weighted by atomic mass is 19.1. The Hall–Kier alpha value is -2.56. The Bertz CT molecular complexity index is 729. The van der Waals surface area contributed by atoms with E-state index in [9.17, 15) is 9.18 Å². The van der Waals surface area contributed by atoms with Gasteiger partial charge in [0.2, 0.25) is 5.91 Å². The maximum absolute atomic E-state index is 13.4. The van der Waals surface area contributed by atoms with Crippen molar-refractivity contribution < 1.29 is 13.9 Å². The van der Waals surface area contributed by atoms with E-state index in [1.54, 1.807) is 0 Å². The first-order chi connectivity index (χ1) is 11.6. The van der Waals surface area contributed by atoms with Gasteiger partial charge in [0.1, 0.15) is 11.6 Å². The third kappa shape index (κ3) is 4.47. The summed E-state index contributed by atoms with van der Waals surface area (Å²) in [5, 5.41) is 2.80. The Morgan fingerprint density at radius 2 is 2.04 bits per heavy atom. The summed E-state index contributed by atoms with van der Waals surface area (Å²) >= 11 is 0. The summed E-state index contributed by atoms with van der Waals surface area (Å²) in [5.41, 5.74) is 8.01. The number of para-hydroxylation sites is 1. The lowest BCUT2D eigenvalue weighted by Gasteiger charge is -2.13. The van der Waals surface area contributed by atoms with Crippen LogP contribution in [0.4, 0.5) is 15.8 Å². The second-order valence-corrected chi connectivity index (χ2v) is 6.14. The zero-order valence-electron chi connectivity index (χ0n) is 13.4. The quantitative estimate of drug-likeness (QED) is 0.761. The molecule has 1 amide bonds. The molecule has 2 aromatic carbocycles. The zero-order valence-corrected chi connectivity index (χ0v) is 13.4. The number of hydrogen-bond donors (Lipinski definition) is 2. The van der Waals surface area contributed by atoms with Gasteiger partial charge < -0.3 is 15.8 Å². The van der Waals surface area contributed by atoms with Crippen molar-refractivity contribution in [3.63, 3.8) is 0 Å². The van der Waals surface area contributed by atoms with Crippen LogP contribution in [-0.4, -0.2) is 12.5 Å². The number of carbonyl (C=O) groups is 1. The third-order valence-electron chi connectivity index (χ3n) is 4.07. The van der Waals surface area contributed by atoms with E-state index in [-0.39, 0.29) is 11.7 Å². The molecule has 1 saturated carbocycles. The normalized spacial score (nSPS) is 13.5. The fourth-order valence-corrected chi connectivity index (χ4v) is 2.43. The van der Waals surface area contributed by atoms with E-state index in [4.69, 9.17) is 10.5 Å². The Labute approximate surface area is 140 Å². The van der Waals surface area contributed by atoms with Crippen LogP contribution in [0.25, 0.3) is 0 Å². The fourth-order valence-electron chi connectivity index (χ4n) is 2.43. The number of hydrogen-bond acceptors (Lipinski definition) is 3. The molecule has 24 heavy (non-hydrogen) atoms. The van der Waals surface area contributed by atoms with E-state index in [2.05, 4.69) is 5.32 Å². The molecule has 3 rings (SSSR count). The molecule has 2 aromatic rings. The first kappa shape index (κ1) is 16.3. The number of benzene rings is 2. The van der Waals surface area contributed by atoms with Gasteiger partial charge in [0.15, 0.2) is 0 Å². The molecule has 0 aliphatic heterocycles. The third-order valence-corrected chi connectivity index (χ3v) is 4.07. The van der Waals surface area contributed by atoms with Crippen LogP contribution in [0.5, 0.6) is 5.75 Å². The van der Waals surface area contributed by atoms with Crippen molar-refractivity contribution in [2.24, 2.45) is 5.92 Å². The molecular weight excluding hydrogens is 307 g/mol. The van der Waals surface area contributed by atoms with Gasteiger partial charge in [0, 0.05) is 18.2 Å². The van der Waals surface area contributed by atoms with E-state index in [0.29, 0.717) is 42.5 Å². The van der Waals surface area contributed by atoms with E-state index in [1.165, 1.54) is 18.2 Å². The van der Waals surface area contributed by atoms with Crippen molar-refractivity contribution in [3.05, 3.63) is 53.8 Å². The van der Waals surface area contributed by atoms with Crippen LogP contribution in [-0.2, 0) is 11.2 Å². The molecule has 4 nitrogen and oxygen atoms in total. The van der Waals surface area contributed by atoms with Gasteiger partial charge in [-0.15, -0.1) is 0 Å². The second-order valence-electron chi connectivity index (χ2n) is 6.14. The lowest BCUT2D eigenvalue weighted by Crippen LogP contribution is -2.14. The van der Waals surface area contributed by atoms with Crippen LogP contribution in [0.3, 0.4) is 0 Å². The Kier molecular flexibility index (Phi) is 4.99. The number of rotatable bonds is 7. The van der Waals surface area contributed by atoms with Crippen LogP contribution < -0.4 is 15.8 Å². The molecule has 0 saturated heterocycles. The Balaban J connectivity index is 1.59. The maximum atomic E-state index is 13.4. The van der Waals surface area contributed by atoms with Gasteiger partial charge in [-0.25, -0.2) is 4.39 Å². The van der Waals surface area contributed by atoms with Gasteiger partial charge in [-0.1, -0.05) is 18.2 Å². The van der Waals surface area contributed by atoms with Gasteiger partial charge in [0.05, 0.1) is 12.3 Å². The van der Waals surface area contributed by atoms with Crippen molar-refractivity contribution in [2.45, 2.75) is 25.7 Å². The number of nitrogens with one attached hydrogen (secondary N) is 1. The second kappa shape index (κ2) is 7.34. The lowest BCUT2D eigenvalue weighted by atomic mass is 10.1. The summed E-state index contributed by atoms with van der Waals surface area (Å²) in [6, 6.07) is 11.6. The van der Waals surface area contributed by atoms with Gasteiger partial charge in [-0.3, -0.25) is 4.79 Å². The van der Waals surface area contributed by atoms with Crippen LogP contribution in [0, 0.1) is 11.7 Å². The van der Waals surface area contributed by atoms with Crippen LogP contribution in [0.15, 0.2) is 42.5 Å². The van der Waals surface area contributed by atoms with Gasteiger partial charge >= 0.3 is 0 Å². The summed E-state index contributed by atoms with van der Waals surface area (Å²) in [6.07, 6.45) is 3.15. The molecule has 5 heteroatoms. The minimum atomic E-state index is -0.379. The smallest absolute Gasteiger partial charge is 0.224 e. The van der Waals surface area contributed by atoms with E-state index >= 15 is 0 Å². The average Bonchev–Trinajstić information content (AvgIpc) is 3.39. The predicted octanol–water partition coefficient (Wildman–Crippen LogP) is 3.77. The highest BCUT2D eigenvalue weighted by molar-refractivity contribution is 5.92. The lowest BCUT2D eigenvalue weighted by molar-refractivity contribution is -0.116. The number of halogens is 1. The predicted molar refractivity (Wildman–Crippen MR) is 92.4 cm³/mol. The number of nitrogens with two attached hydrogens (primary N) is 1. The molecule has 126 valence electrons. The van der Waals surface area contributed by atoms with Crippen LogP contribution in [0.2, 0.25) is 0 Å². The van der Waals surface area contributed by atoms with Crippen molar-refractivity contribution in [3.8, 4) is 5.75 Å². The van der Waals surface area contributed by atoms with E-state index < -0.39 is 0 Å². The molecule has 1 fully saturated rings. The number of amides is 1. The fraction of sp³-hybridized carbons (Fsp3) is 0.316. The number of anilines is 2. The Morgan fingerprint density at radius 3 is 2.79 bits per heavy atom. The zero-order chi connectivity index (χ0) is 16.9. The van der Waals surface area contributed by atoms with Gasteiger partial charge in [-0.2, -0.15) is 0 Å². The summed E-state index contributed by atoms with van der Waals surface area (Å²) in [5.74, 6) is 0.407. The largest absolute Gasteiger partial charge is 0.491 e.